The molecule has 0 bridgehead atoms. The molecule has 1 fully saturated rings. The van der Waals surface area contributed by atoms with Gasteiger partial charge in [-0.15, -0.1) is 0 Å². The number of alkyl halides is 2. The van der Waals surface area contributed by atoms with Gasteiger partial charge in [-0.25, -0.2) is 8.78 Å². The van der Waals surface area contributed by atoms with E-state index >= 15 is 0 Å². The van der Waals surface area contributed by atoms with Crippen molar-refractivity contribution in [1.29, 1.82) is 0 Å². The van der Waals surface area contributed by atoms with Gasteiger partial charge in [-0.3, -0.25) is 10.1 Å². The monoisotopic (exact) mass is 299 g/mol. The number of anilines is 1. The van der Waals surface area contributed by atoms with Crippen LogP contribution in [-0.4, -0.2) is 36.5 Å². The molecular formula is C14H19F2N3O2. The standard InChI is InChI=1S/C14H19F2N3O2/c1-18-6-4-10(5-7-18)9-17-13-3-2-11(19(20)21)8-12(13)14(15)16/h2-3,8,10,14,17H,4-7,9H2,1H3. The minimum Gasteiger partial charge on any atom is -0.384 e. The fraction of sp³-hybridized carbons (Fsp3) is 0.571. The third kappa shape index (κ3) is 4.10. The highest BCUT2D eigenvalue weighted by Crippen LogP contribution is 2.31. The number of non-ortho nitro benzene ring substituents is 1. The van der Waals surface area contributed by atoms with E-state index in [0.717, 1.165) is 32.0 Å². The van der Waals surface area contributed by atoms with Crippen molar-refractivity contribution >= 4 is 11.4 Å². The molecule has 0 aromatic heterocycles. The maximum absolute atomic E-state index is 13.0. The summed E-state index contributed by atoms with van der Waals surface area (Å²) >= 11 is 0. The molecule has 1 aliphatic heterocycles. The highest BCUT2D eigenvalue weighted by Gasteiger charge is 2.20. The van der Waals surface area contributed by atoms with Crippen molar-refractivity contribution in [2.24, 2.45) is 5.92 Å². The van der Waals surface area contributed by atoms with Crippen molar-refractivity contribution in [2.45, 2.75) is 19.3 Å². The van der Waals surface area contributed by atoms with Gasteiger partial charge >= 0.3 is 0 Å². The maximum Gasteiger partial charge on any atom is 0.270 e. The second-order valence-electron chi connectivity index (χ2n) is 5.46. The van der Waals surface area contributed by atoms with Gasteiger partial charge in [0.25, 0.3) is 12.1 Å². The van der Waals surface area contributed by atoms with E-state index in [1.165, 1.54) is 12.1 Å². The number of nitrogens with zero attached hydrogens (tertiary/aromatic N) is 2. The Morgan fingerprint density at radius 2 is 2.10 bits per heavy atom. The molecule has 0 aliphatic carbocycles. The molecule has 1 heterocycles. The summed E-state index contributed by atoms with van der Waals surface area (Å²) in [6, 6.07) is 3.57. The van der Waals surface area contributed by atoms with E-state index < -0.39 is 11.3 Å². The predicted molar refractivity (Wildman–Crippen MR) is 76.8 cm³/mol. The lowest BCUT2D eigenvalue weighted by molar-refractivity contribution is -0.385. The number of hydrogen-bond donors (Lipinski definition) is 1. The van der Waals surface area contributed by atoms with Gasteiger partial charge in [0.1, 0.15) is 0 Å². The maximum atomic E-state index is 13.0. The van der Waals surface area contributed by atoms with E-state index in [4.69, 9.17) is 0 Å². The third-order valence-electron chi connectivity index (χ3n) is 3.90. The Balaban J connectivity index is 2.03. The van der Waals surface area contributed by atoms with Gasteiger partial charge < -0.3 is 10.2 Å². The number of likely N-dealkylation sites (tertiary alicyclic amines) is 1. The van der Waals surface area contributed by atoms with Gasteiger partial charge in [0.15, 0.2) is 0 Å². The van der Waals surface area contributed by atoms with E-state index in [-0.39, 0.29) is 16.9 Å². The largest absolute Gasteiger partial charge is 0.384 e. The van der Waals surface area contributed by atoms with E-state index in [2.05, 4.69) is 17.3 Å². The second-order valence-corrected chi connectivity index (χ2v) is 5.46. The minimum absolute atomic E-state index is 0.287. The lowest BCUT2D eigenvalue weighted by Crippen LogP contribution is -2.33. The molecule has 0 atom stereocenters. The van der Waals surface area contributed by atoms with Gasteiger partial charge in [0.05, 0.1) is 4.92 Å². The summed E-state index contributed by atoms with van der Waals surface area (Å²) in [5.74, 6) is 0.446. The molecule has 0 amide bonds. The van der Waals surface area contributed by atoms with Crippen LogP contribution in [0.25, 0.3) is 0 Å². The molecule has 0 radical (unpaired) electrons. The van der Waals surface area contributed by atoms with Crippen LogP contribution < -0.4 is 5.32 Å². The van der Waals surface area contributed by atoms with Crippen molar-refractivity contribution in [3.05, 3.63) is 33.9 Å². The van der Waals surface area contributed by atoms with E-state index in [1.54, 1.807) is 0 Å². The van der Waals surface area contributed by atoms with E-state index in [0.29, 0.717) is 12.5 Å². The van der Waals surface area contributed by atoms with Crippen molar-refractivity contribution in [3.8, 4) is 0 Å². The number of nitro groups is 1. The summed E-state index contributed by atoms with van der Waals surface area (Å²) in [5, 5.41) is 13.7. The molecule has 1 aromatic rings. The van der Waals surface area contributed by atoms with Gasteiger partial charge in [-0.05, 0) is 45.0 Å². The average molecular weight is 299 g/mol. The summed E-state index contributed by atoms with van der Waals surface area (Å²) in [5.41, 5.74) is -0.332. The first-order valence-electron chi connectivity index (χ1n) is 6.96. The molecule has 0 unspecified atom stereocenters. The first-order valence-corrected chi connectivity index (χ1v) is 6.96. The highest BCUT2D eigenvalue weighted by atomic mass is 19.3. The van der Waals surface area contributed by atoms with Crippen molar-refractivity contribution in [3.63, 3.8) is 0 Å². The average Bonchev–Trinajstić information content (AvgIpc) is 2.46. The number of halogens is 2. The van der Waals surface area contributed by atoms with Crippen LogP contribution in [0.1, 0.15) is 24.8 Å². The zero-order valence-electron chi connectivity index (χ0n) is 11.9. The molecule has 1 aromatic carbocycles. The number of nitro benzene ring substituents is 1. The zero-order valence-corrected chi connectivity index (χ0v) is 11.9. The van der Waals surface area contributed by atoms with Crippen LogP contribution in [0.5, 0.6) is 0 Å². The number of nitrogens with one attached hydrogen (secondary N) is 1. The summed E-state index contributed by atoms with van der Waals surface area (Å²) < 4.78 is 26.0. The van der Waals surface area contributed by atoms with E-state index in [9.17, 15) is 18.9 Å². The van der Waals surface area contributed by atoms with Gasteiger partial charge in [-0.1, -0.05) is 0 Å². The number of benzene rings is 1. The molecule has 1 saturated heterocycles. The SMILES string of the molecule is CN1CCC(CNc2ccc([N+](=O)[O-])cc2C(F)F)CC1. The van der Waals surface area contributed by atoms with Crippen molar-refractivity contribution < 1.29 is 13.7 Å². The molecule has 7 heteroatoms. The molecule has 116 valence electrons. The summed E-state index contributed by atoms with van der Waals surface area (Å²) in [6.07, 6.45) is -0.675. The minimum atomic E-state index is -2.73. The lowest BCUT2D eigenvalue weighted by atomic mass is 9.97. The molecule has 5 nitrogen and oxygen atoms in total. The van der Waals surface area contributed by atoms with Crippen LogP contribution >= 0.6 is 0 Å². The van der Waals surface area contributed by atoms with Crippen LogP contribution in [0, 0.1) is 16.0 Å². The molecule has 21 heavy (non-hydrogen) atoms. The van der Waals surface area contributed by atoms with Crippen molar-refractivity contribution in [1.82, 2.24) is 4.90 Å². The number of piperidine rings is 1. The first kappa shape index (κ1) is 15.6. The summed E-state index contributed by atoms with van der Waals surface area (Å²) in [7, 11) is 2.06. The molecule has 1 aliphatic rings. The quantitative estimate of drug-likeness (QED) is 0.669. The lowest BCUT2D eigenvalue weighted by Gasteiger charge is -2.29. The third-order valence-corrected chi connectivity index (χ3v) is 3.90. The van der Waals surface area contributed by atoms with Gasteiger partial charge in [0.2, 0.25) is 0 Å². The summed E-state index contributed by atoms with van der Waals surface area (Å²) in [4.78, 5) is 12.2. The van der Waals surface area contributed by atoms with Crippen LogP contribution in [-0.2, 0) is 0 Å². The normalized spacial score (nSPS) is 17.1. The van der Waals surface area contributed by atoms with Gasteiger partial charge in [0, 0.05) is 29.9 Å². The van der Waals surface area contributed by atoms with Crippen LogP contribution in [0.4, 0.5) is 20.2 Å². The Bertz CT molecular complexity index is 503. The molecular weight excluding hydrogens is 280 g/mol. The summed E-state index contributed by atoms with van der Waals surface area (Å²) in [6.45, 7) is 2.63. The fourth-order valence-electron chi connectivity index (χ4n) is 2.53. The Kier molecular flexibility index (Phi) is 5.06. The van der Waals surface area contributed by atoms with Crippen LogP contribution in [0.2, 0.25) is 0 Å². The van der Waals surface area contributed by atoms with Crippen LogP contribution in [0.3, 0.4) is 0 Å². The Hall–Kier alpha value is -1.76. The fourth-order valence-corrected chi connectivity index (χ4v) is 2.53. The Labute approximate surface area is 122 Å². The molecule has 0 saturated carbocycles. The van der Waals surface area contributed by atoms with Gasteiger partial charge in [-0.2, -0.15) is 0 Å². The molecule has 2 rings (SSSR count). The zero-order chi connectivity index (χ0) is 15.4. The second kappa shape index (κ2) is 6.80. The Morgan fingerprint density at radius 3 is 2.67 bits per heavy atom. The predicted octanol–water partition coefficient (Wildman–Crippen LogP) is 3.29. The molecule has 1 N–H and O–H groups in total. The first-order chi connectivity index (χ1) is 9.97. The highest BCUT2D eigenvalue weighted by molar-refractivity contribution is 5.56. The Morgan fingerprint density at radius 1 is 1.43 bits per heavy atom. The van der Waals surface area contributed by atoms with E-state index in [1.807, 2.05) is 0 Å². The van der Waals surface area contributed by atoms with Crippen LogP contribution in [0.15, 0.2) is 18.2 Å². The smallest absolute Gasteiger partial charge is 0.270 e. The number of hydrogen-bond acceptors (Lipinski definition) is 4. The number of rotatable bonds is 5. The molecule has 0 spiro atoms. The van der Waals surface area contributed by atoms with Crippen molar-refractivity contribution in [2.75, 3.05) is 32.0 Å². The topological polar surface area (TPSA) is 58.4 Å².